The van der Waals surface area contributed by atoms with Crippen LogP contribution in [0.15, 0.2) is 77.3 Å². The summed E-state index contributed by atoms with van der Waals surface area (Å²) in [4.78, 5) is 31.8. The van der Waals surface area contributed by atoms with Crippen molar-refractivity contribution in [3.8, 4) is 11.4 Å². The SMILES string of the molecule is Cc1ccc(NC(=O)c2ccc(-c3noc(C4CCN(C(=O)c5ccccc5)CC4)n3)cc2)cc1C. The van der Waals surface area contributed by atoms with Gasteiger partial charge >= 0.3 is 0 Å². The van der Waals surface area contributed by atoms with Gasteiger partial charge in [0.1, 0.15) is 0 Å². The van der Waals surface area contributed by atoms with Gasteiger partial charge in [-0.3, -0.25) is 9.59 Å². The smallest absolute Gasteiger partial charge is 0.255 e. The van der Waals surface area contributed by atoms with E-state index >= 15 is 0 Å². The fraction of sp³-hybridized carbons (Fsp3) is 0.241. The Labute approximate surface area is 210 Å². The molecule has 1 fully saturated rings. The van der Waals surface area contributed by atoms with Gasteiger partial charge in [-0.05, 0) is 74.2 Å². The van der Waals surface area contributed by atoms with E-state index in [4.69, 9.17) is 4.52 Å². The van der Waals surface area contributed by atoms with Crippen molar-refractivity contribution in [3.63, 3.8) is 0 Å². The molecular weight excluding hydrogens is 452 g/mol. The number of piperidine rings is 1. The van der Waals surface area contributed by atoms with E-state index in [1.165, 1.54) is 5.56 Å². The van der Waals surface area contributed by atoms with Gasteiger partial charge < -0.3 is 14.7 Å². The Morgan fingerprint density at radius 2 is 1.61 bits per heavy atom. The maximum absolute atomic E-state index is 12.7. The first-order valence-electron chi connectivity index (χ1n) is 12.1. The van der Waals surface area contributed by atoms with Crippen molar-refractivity contribution in [2.45, 2.75) is 32.6 Å². The maximum atomic E-state index is 12.7. The molecule has 1 aliphatic heterocycles. The number of hydrogen-bond acceptors (Lipinski definition) is 5. The van der Waals surface area contributed by atoms with Crippen LogP contribution >= 0.6 is 0 Å². The Kier molecular flexibility index (Phi) is 6.62. The number of nitrogens with one attached hydrogen (secondary N) is 1. The summed E-state index contributed by atoms with van der Waals surface area (Å²) in [5, 5.41) is 7.09. The molecule has 0 bridgehead atoms. The molecule has 0 radical (unpaired) electrons. The molecule has 0 unspecified atom stereocenters. The first-order valence-corrected chi connectivity index (χ1v) is 12.1. The summed E-state index contributed by atoms with van der Waals surface area (Å²) >= 11 is 0. The van der Waals surface area contributed by atoms with Crippen LogP contribution < -0.4 is 5.32 Å². The minimum atomic E-state index is -0.171. The highest BCUT2D eigenvalue weighted by molar-refractivity contribution is 6.04. The molecule has 36 heavy (non-hydrogen) atoms. The molecule has 0 aliphatic carbocycles. The number of carbonyl (C=O) groups excluding carboxylic acids is 2. The van der Waals surface area contributed by atoms with Crippen molar-refractivity contribution in [1.82, 2.24) is 15.0 Å². The molecule has 2 amide bonds. The van der Waals surface area contributed by atoms with Crippen molar-refractivity contribution < 1.29 is 14.1 Å². The highest BCUT2D eigenvalue weighted by Gasteiger charge is 2.28. The molecule has 7 nitrogen and oxygen atoms in total. The normalized spacial score (nSPS) is 14.0. The zero-order valence-electron chi connectivity index (χ0n) is 20.4. The third-order valence-corrected chi connectivity index (χ3v) is 6.76. The summed E-state index contributed by atoms with van der Waals surface area (Å²) in [6.07, 6.45) is 1.55. The zero-order valence-corrected chi connectivity index (χ0v) is 20.4. The molecule has 1 saturated heterocycles. The Bertz CT molecular complexity index is 1370. The number of aromatic nitrogens is 2. The molecule has 1 aliphatic rings. The number of amides is 2. The van der Waals surface area contributed by atoms with Gasteiger partial charge in [0.05, 0.1) is 0 Å². The van der Waals surface area contributed by atoms with Crippen molar-refractivity contribution >= 4 is 17.5 Å². The van der Waals surface area contributed by atoms with Crippen LogP contribution in [0.3, 0.4) is 0 Å². The van der Waals surface area contributed by atoms with Crippen LogP contribution in [0.4, 0.5) is 5.69 Å². The van der Waals surface area contributed by atoms with E-state index in [2.05, 4.69) is 15.5 Å². The molecule has 7 heteroatoms. The fourth-order valence-electron chi connectivity index (χ4n) is 4.40. The van der Waals surface area contributed by atoms with Crippen LogP contribution in [0, 0.1) is 13.8 Å². The minimum Gasteiger partial charge on any atom is -0.339 e. The van der Waals surface area contributed by atoms with E-state index in [0.717, 1.165) is 29.7 Å². The van der Waals surface area contributed by atoms with E-state index in [1.807, 2.05) is 79.4 Å². The number of nitrogens with zero attached hydrogens (tertiary/aromatic N) is 3. The van der Waals surface area contributed by atoms with Gasteiger partial charge in [0.2, 0.25) is 11.7 Å². The summed E-state index contributed by atoms with van der Waals surface area (Å²) in [5.41, 5.74) is 5.13. The molecule has 182 valence electrons. The number of benzene rings is 3. The lowest BCUT2D eigenvalue weighted by atomic mass is 9.96. The number of aryl methyl sites for hydroxylation is 2. The molecule has 1 aromatic heterocycles. The minimum absolute atomic E-state index is 0.0573. The van der Waals surface area contributed by atoms with Gasteiger partial charge in [0, 0.05) is 41.4 Å². The van der Waals surface area contributed by atoms with E-state index in [9.17, 15) is 9.59 Å². The van der Waals surface area contributed by atoms with Gasteiger partial charge in [-0.1, -0.05) is 41.6 Å². The van der Waals surface area contributed by atoms with Crippen molar-refractivity contribution in [1.29, 1.82) is 0 Å². The molecule has 0 spiro atoms. The largest absolute Gasteiger partial charge is 0.339 e. The van der Waals surface area contributed by atoms with Crippen LogP contribution in [-0.2, 0) is 0 Å². The Hall–Kier alpha value is -4.26. The first kappa shape index (κ1) is 23.5. The number of likely N-dealkylation sites (tertiary alicyclic amines) is 1. The third kappa shape index (κ3) is 5.05. The monoisotopic (exact) mass is 480 g/mol. The predicted molar refractivity (Wildman–Crippen MR) is 138 cm³/mol. The Morgan fingerprint density at radius 1 is 0.889 bits per heavy atom. The molecular formula is C29H28N4O3. The van der Waals surface area contributed by atoms with Crippen molar-refractivity contribution in [2.24, 2.45) is 0 Å². The van der Waals surface area contributed by atoms with Crippen LogP contribution in [-0.4, -0.2) is 39.9 Å². The fourth-order valence-corrected chi connectivity index (χ4v) is 4.40. The first-order chi connectivity index (χ1) is 17.5. The van der Waals surface area contributed by atoms with E-state index in [-0.39, 0.29) is 17.7 Å². The molecule has 0 atom stereocenters. The summed E-state index contributed by atoms with van der Waals surface area (Å²) in [6.45, 7) is 5.37. The second-order valence-corrected chi connectivity index (χ2v) is 9.22. The number of carbonyl (C=O) groups is 2. The van der Waals surface area contributed by atoms with E-state index in [0.29, 0.717) is 35.9 Å². The van der Waals surface area contributed by atoms with Crippen molar-refractivity contribution in [2.75, 3.05) is 18.4 Å². The third-order valence-electron chi connectivity index (χ3n) is 6.76. The van der Waals surface area contributed by atoms with Crippen LogP contribution in [0.25, 0.3) is 11.4 Å². The number of anilines is 1. The number of rotatable bonds is 5. The second-order valence-electron chi connectivity index (χ2n) is 9.22. The van der Waals surface area contributed by atoms with Crippen molar-refractivity contribution in [3.05, 3.63) is 101 Å². The number of hydrogen-bond donors (Lipinski definition) is 1. The topological polar surface area (TPSA) is 88.3 Å². The average Bonchev–Trinajstić information content (AvgIpc) is 3.41. The highest BCUT2D eigenvalue weighted by atomic mass is 16.5. The zero-order chi connectivity index (χ0) is 25.1. The van der Waals surface area contributed by atoms with Crippen LogP contribution in [0.5, 0.6) is 0 Å². The molecule has 1 N–H and O–H groups in total. The Morgan fingerprint density at radius 3 is 2.31 bits per heavy atom. The van der Waals surface area contributed by atoms with E-state index < -0.39 is 0 Å². The lowest BCUT2D eigenvalue weighted by molar-refractivity contribution is 0.0704. The molecule has 0 saturated carbocycles. The second kappa shape index (κ2) is 10.2. The molecule has 2 heterocycles. The maximum Gasteiger partial charge on any atom is 0.255 e. The van der Waals surface area contributed by atoms with Gasteiger partial charge in [0.25, 0.3) is 11.8 Å². The standard InChI is InChI=1S/C29H28N4O3/c1-19-8-13-25(18-20(19)2)30-27(34)22-11-9-21(10-12-22)26-31-28(36-32-26)23-14-16-33(17-15-23)29(35)24-6-4-3-5-7-24/h3-13,18,23H,14-17H2,1-2H3,(H,30,34). The Balaban J connectivity index is 1.19. The van der Waals surface area contributed by atoms with Gasteiger partial charge in [-0.25, -0.2) is 0 Å². The summed E-state index contributed by atoms with van der Waals surface area (Å²) in [6, 6.07) is 22.4. The average molecular weight is 481 g/mol. The van der Waals surface area contributed by atoms with Crippen LogP contribution in [0.1, 0.15) is 56.5 Å². The van der Waals surface area contributed by atoms with Gasteiger partial charge in [-0.2, -0.15) is 4.98 Å². The summed E-state index contributed by atoms with van der Waals surface area (Å²) in [5.74, 6) is 1.09. The molecule has 5 rings (SSSR count). The summed E-state index contributed by atoms with van der Waals surface area (Å²) in [7, 11) is 0. The lowest BCUT2D eigenvalue weighted by Gasteiger charge is -2.30. The molecule has 4 aromatic rings. The van der Waals surface area contributed by atoms with Gasteiger partial charge in [0.15, 0.2) is 0 Å². The quantitative estimate of drug-likeness (QED) is 0.400. The molecule has 3 aromatic carbocycles. The highest BCUT2D eigenvalue weighted by Crippen LogP contribution is 2.29. The lowest BCUT2D eigenvalue weighted by Crippen LogP contribution is -2.37. The predicted octanol–water partition coefficient (Wildman–Crippen LogP) is 5.63. The summed E-state index contributed by atoms with van der Waals surface area (Å²) < 4.78 is 5.57. The van der Waals surface area contributed by atoms with Gasteiger partial charge in [-0.15, -0.1) is 0 Å². The van der Waals surface area contributed by atoms with E-state index in [1.54, 1.807) is 12.1 Å². The van der Waals surface area contributed by atoms with Crippen LogP contribution in [0.2, 0.25) is 0 Å².